The monoisotopic (exact) mass is 472 g/mol. The predicted molar refractivity (Wildman–Crippen MR) is 120 cm³/mol. The summed E-state index contributed by atoms with van der Waals surface area (Å²) < 4.78 is 38.1. The number of hydrogen-bond acceptors (Lipinski definition) is 3. The average Bonchev–Trinajstić information content (AvgIpc) is 2.70. The molecule has 0 N–H and O–H groups in total. The molecule has 0 aliphatic carbocycles. The first-order chi connectivity index (χ1) is 13.9. The number of thioether (sulfide) groups is 1. The number of rotatable bonds is 4. The Morgan fingerprint density at radius 2 is 1.73 bits per heavy atom. The average molecular weight is 473 g/mol. The lowest BCUT2D eigenvalue weighted by molar-refractivity contribution is -0.137. The van der Waals surface area contributed by atoms with Gasteiger partial charge in [-0.3, -0.25) is 9.88 Å². The predicted octanol–water partition coefficient (Wildman–Crippen LogP) is 7.09. The smallest absolute Gasteiger partial charge is 0.299 e. The van der Waals surface area contributed by atoms with E-state index in [4.69, 9.17) is 11.6 Å². The molecule has 2 aromatic carbocycles. The van der Waals surface area contributed by atoms with Crippen molar-refractivity contribution >= 4 is 46.5 Å². The van der Waals surface area contributed by atoms with Crippen LogP contribution >= 0.6 is 35.8 Å². The first-order valence-corrected chi connectivity index (χ1v) is 10.7. The van der Waals surface area contributed by atoms with Crippen molar-refractivity contribution in [3.05, 3.63) is 71.0 Å². The van der Waals surface area contributed by atoms with E-state index in [0.29, 0.717) is 11.8 Å². The normalized spacial score (nSPS) is 15.9. The van der Waals surface area contributed by atoms with E-state index in [0.717, 1.165) is 64.3 Å². The summed E-state index contributed by atoms with van der Waals surface area (Å²) in [5.41, 5.74) is 0.315. The fraction of sp³-hybridized carbons (Fsp3) is 0.318. The summed E-state index contributed by atoms with van der Waals surface area (Å²) >= 11 is 8.28. The van der Waals surface area contributed by atoms with Crippen LogP contribution in [0.2, 0.25) is 5.02 Å². The van der Waals surface area contributed by atoms with Gasteiger partial charge in [0.05, 0.1) is 10.6 Å². The Hall–Kier alpha value is -1.47. The molecule has 0 saturated carbocycles. The number of pyridine rings is 1. The molecular formula is C22H21Cl2F3N2S. The van der Waals surface area contributed by atoms with Crippen molar-refractivity contribution in [2.45, 2.75) is 35.7 Å². The molecule has 3 aromatic rings. The number of halogens is 5. The Morgan fingerprint density at radius 3 is 2.40 bits per heavy atom. The highest BCUT2D eigenvalue weighted by atomic mass is 35.5. The molecule has 0 unspecified atom stereocenters. The summed E-state index contributed by atoms with van der Waals surface area (Å²) in [6, 6.07) is 11.6. The van der Waals surface area contributed by atoms with Crippen LogP contribution in [0.1, 0.15) is 24.0 Å². The molecule has 1 saturated heterocycles. The van der Waals surface area contributed by atoms with E-state index in [2.05, 4.69) is 16.0 Å². The van der Waals surface area contributed by atoms with Gasteiger partial charge >= 0.3 is 6.18 Å². The fourth-order valence-corrected chi connectivity index (χ4v) is 5.08. The number of aromatic nitrogens is 1. The Balaban J connectivity index is 0.00000256. The van der Waals surface area contributed by atoms with Gasteiger partial charge < -0.3 is 0 Å². The minimum Gasteiger partial charge on any atom is -0.299 e. The van der Waals surface area contributed by atoms with E-state index in [1.165, 1.54) is 0 Å². The van der Waals surface area contributed by atoms with Crippen molar-refractivity contribution in [3.63, 3.8) is 0 Å². The SMILES string of the molecule is Cl.FC(F)(F)c1ccc(CN2CCC(Sc3cc4ccncc4cc3Cl)CC2)cc1. The van der Waals surface area contributed by atoms with E-state index in [9.17, 15) is 13.2 Å². The molecule has 1 aromatic heterocycles. The molecule has 0 amide bonds. The van der Waals surface area contributed by atoms with E-state index in [1.54, 1.807) is 18.3 Å². The van der Waals surface area contributed by atoms with Crippen molar-refractivity contribution in [1.29, 1.82) is 0 Å². The molecule has 4 rings (SSSR count). The molecule has 0 spiro atoms. The topological polar surface area (TPSA) is 16.1 Å². The number of benzene rings is 2. The number of piperidine rings is 1. The molecule has 160 valence electrons. The van der Waals surface area contributed by atoms with Crippen LogP contribution in [0, 0.1) is 0 Å². The van der Waals surface area contributed by atoms with Crippen LogP contribution in [0.15, 0.2) is 59.8 Å². The van der Waals surface area contributed by atoms with Gasteiger partial charge in [0.2, 0.25) is 0 Å². The third kappa shape index (κ3) is 5.61. The lowest BCUT2D eigenvalue weighted by atomic mass is 10.1. The lowest BCUT2D eigenvalue weighted by Gasteiger charge is -2.31. The Labute approximate surface area is 189 Å². The molecule has 1 aliphatic rings. The molecule has 30 heavy (non-hydrogen) atoms. The zero-order valence-electron chi connectivity index (χ0n) is 16.0. The molecule has 2 heterocycles. The molecule has 0 bridgehead atoms. The maximum absolute atomic E-state index is 12.7. The number of hydrogen-bond donors (Lipinski definition) is 0. The van der Waals surface area contributed by atoms with Gasteiger partial charge in [0.25, 0.3) is 0 Å². The highest BCUT2D eigenvalue weighted by Gasteiger charge is 2.30. The molecular weight excluding hydrogens is 452 g/mol. The Morgan fingerprint density at radius 1 is 1.03 bits per heavy atom. The number of likely N-dealkylation sites (tertiary alicyclic amines) is 1. The van der Waals surface area contributed by atoms with Crippen LogP contribution in [-0.2, 0) is 12.7 Å². The Bertz CT molecular complexity index is 988. The van der Waals surface area contributed by atoms with Crippen molar-refractivity contribution < 1.29 is 13.2 Å². The van der Waals surface area contributed by atoms with Gasteiger partial charge in [-0.2, -0.15) is 13.2 Å². The van der Waals surface area contributed by atoms with Crippen molar-refractivity contribution in [2.75, 3.05) is 13.1 Å². The zero-order chi connectivity index (χ0) is 20.4. The number of nitrogens with zero attached hydrogens (tertiary/aromatic N) is 2. The molecule has 1 aliphatic heterocycles. The van der Waals surface area contributed by atoms with Gasteiger partial charge in [0.15, 0.2) is 0 Å². The van der Waals surface area contributed by atoms with E-state index in [-0.39, 0.29) is 12.4 Å². The highest BCUT2D eigenvalue weighted by Crippen LogP contribution is 2.37. The largest absolute Gasteiger partial charge is 0.416 e. The quantitative estimate of drug-likeness (QED) is 0.403. The first kappa shape index (κ1) is 23.2. The van der Waals surface area contributed by atoms with Crippen LogP contribution in [0.25, 0.3) is 10.8 Å². The van der Waals surface area contributed by atoms with Gasteiger partial charge in [-0.25, -0.2) is 0 Å². The van der Waals surface area contributed by atoms with E-state index < -0.39 is 11.7 Å². The standard InChI is InChI=1S/C22H20ClF3N2S.ClH/c23-20-11-17-13-27-8-5-16(17)12-21(20)29-19-6-9-28(10-7-19)14-15-1-3-18(4-2-15)22(24,25)26;/h1-5,8,11-13,19H,6-7,9-10,14H2;1H. The van der Waals surface area contributed by atoms with E-state index in [1.807, 2.05) is 30.1 Å². The summed E-state index contributed by atoms with van der Waals surface area (Å²) in [6.07, 6.45) is 1.36. The third-order valence-corrected chi connectivity index (χ3v) is 7.03. The molecule has 2 nitrogen and oxygen atoms in total. The summed E-state index contributed by atoms with van der Waals surface area (Å²) in [4.78, 5) is 7.52. The highest BCUT2D eigenvalue weighted by molar-refractivity contribution is 8.00. The molecule has 0 atom stereocenters. The first-order valence-electron chi connectivity index (χ1n) is 9.47. The van der Waals surface area contributed by atoms with Crippen LogP contribution in [0.5, 0.6) is 0 Å². The van der Waals surface area contributed by atoms with Gasteiger partial charge in [-0.1, -0.05) is 23.7 Å². The second-order valence-corrected chi connectivity index (χ2v) is 9.04. The van der Waals surface area contributed by atoms with Crippen molar-refractivity contribution in [3.8, 4) is 0 Å². The minimum absolute atomic E-state index is 0. The third-order valence-electron chi connectivity index (χ3n) is 5.21. The zero-order valence-corrected chi connectivity index (χ0v) is 18.4. The van der Waals surface area contributed by atoms with Crippen LogP contribution in [-0.4, -0.2) is 28.2 Å². The van der Waals surface area contributed by atoms with Gasteiger partial charge in [-0.15, -0.1) is 24.2 Å². The minimum atomic E-state index is -4.28. The summed E-state index contributed by atoms with van der Waals surface area (Å²) in [6.45, 7) is 2.53. The number of alkyl halides is 3. The van der Waals surface area contributed by atoms with Gasteiger partial charge in [0, 0.05) is 34.5 Å². The molecule has 1 fully saturated rings. The van der Waals surface area contributed by atoms with Crippen molar-refractivity contribution in [1.82, 2.24) is 9.88 Å². The second-order valence-electron chi connectivity index (χ2n) is 7.29. The fourth-order valence-electron chi connectivity index (χ4n) is 3.60. The Kier molecular flexibility index (Phi) is 7.56. The van der Waals surface area contributed by atoms with Crippen LogP contribution < -0.4 is 0 Å². The summed E-state index contributed by atoms with van der Waals surface area (Å²) in [5, 5.41) is 3.40. The molecule has 0 radical (unpaired) electrons. The number of fused-ring (bicyclic) bond motifs is 1. The lowest BCUT2D eigenvalue weighted by Crippen LogP contribution is -2.34. The van der Waals surface area contributed by atoms with Gasteiger partial charge in [-0.05, 0) is 67.2 Å². The maximum Gasteiger partial charge on any atom is 0.416 e. The maximum atomic E-state index is 12.7. The van der Waals surface area contributed by atoms with Crippen LogP contribution in [0.4, 0.5) is 13.2 Å². The van der Waals surface area contributed by atoms with Crippen molar-refractivity contribution in [2.24, 2.45) is 0 Å². The van der Waals surface area contributed by atoms with Gasteiger partial charge in [0.1, 0.15) is 0 Å². The summed E-state index contributed by atoms with van der Waals surface area (Å²) in [5.74, 6) is 0. The van der Waals surface area contributed by atoms with E-state index >= 15 is 0 Å². The summed E-state index contributed by atoms with van der Waals surface area (Å²) in [7, 11) is 0. The molecule has 8 heteroatoms. The van der Waals surface area contributed by atoms with Crippen LogP contribution in [0.3, 0.4) is 0 Å². The second kappa shape index (κ2) is 9.77.